The lowest BCUT2D eigenvalue weighted by Gasteiger charge is -2.17. The first-order valence-corrected chi connectivity index (χ1v) is 5.30. The third-order valence-corrected chi connectivity index (χ3v) is 3.22. The highest BCUT2D eigenvalue weighted by atomic mass is 35.5. The average molecular weight is 246 g/mol. The van der Waals surface area contributed by atoms with E-state index in [-0.39, 0.29) is 10.8 Å². The van der Waals surface area contributed by atoms with Gasteiger partial charge in [-0.1, -0.05) is 11.6 Å². The molecule has 1 saturated carbocycles. The second-order valence-corrected chi connectivity index (χ2v) is 4.32. The van der Waals surface area contributed by atoms with E-state index >= 15 is 0 Å². The van der Waals surface area contributed by atoms with E-state index in [0.717, 1.165) is 12.8 Å². The Hall–Kier alpha value is -1.00. The topological polar surface area (TPSA) is 44.5 Å². The van der Waals surface area contributed by atoms with Gasteiger partial charge in [0.15, 0.2) is 5.82 Å². The standard InChI is InChI=1S/C11H13ClFNO2/c1-15-6-5-7(16-2)9(12)10(13)8(6)11(14)3-4-11/h5H,3-4,14H2,1-2H3. The highest BCUT2D eigenvalue weighted by molar-refractivity contribution is 6.32. The van der Waals surface area contributed by atoms with Crippen LogP contribution in [0.2, 0.25) is 5.02 Å². The summed E-state index contributed by atoms with van der Waals surface area (Å²) in [5, 5.41) is -0.0463. The summed E-state index contributed by atoms with van der Waals surface area (Å²) in [6.07, 6.45) is 1.48. The molecule has 0 bridgehead atoms. The zero-order valence-electron chi connectivity index (χ0n) is 9.14. The number of ether oxygens (including phenoxy) is 2. The first-order chi connectivity index (χ1) is 7.53. The van der Waals surface area contributed by atoms with E-state index in [9.17, 15) is 4.39 Å². The summed E-state index contributed by atoms with van der Waals surface area (Å²) < 4.78 is 24.2. The van der Waals surface area contributed by atoms with Crippen molar-refractivity contribution >= 4 is 11.6 Å². The maximum Gasteiger partial charge on any atom is 0.154 e. The Labute approximate surface area is 98.3 Å². The summed E-state index contributed by atoms with van der Waals surface area (Å²) in [6, 6.07) is 1.56. The summed E-state index contributed by atoms with van der Waals surface area (Å²) in [6.45, 7) is 0. The Morgan fingerprint density at radius 1 is 1.31 bits per heavy atom. The lowest BCUT2D eigenvalue weighted by Crippen LogP contribution is -2.21. The average Bonchev–Trinajstić information content (AvgIpc) is 3.00. The maximum absolute atomic E-state index is 14.1. The summed E-state index contributed by atoms with van der Waals surface area (Å²) in [4.78, 5) is 0. The van der Waals surface area contributed by atoms with Gasteiger partial charge in [0.05, 0.1) is 19.8 Å². The molecule has 88 valence electrons. The van der Waals surface area contributed by atoms with Gasteiger partial charge >= 0.3 is 0 Å². The molecule has 2 rings (SSSR count). The second kappa shape index (κ2) is 3.79. The Bertz CT molecular complexity index is 432. The quantitative estimate of drug-likeness (QED) is 0.890. The molecule has 3 nitrogen and oxygen atoms in total. The van der Waals surface area contributed by atoms with E-state index in [1.807, 2.05) is 0 Å². The first-order valence-electron chi connectivity index (χ1n) is 4.93. The summed E-state index contributed by atoms with van der Waals surface area (Å²) >= 11 is 5.85. The van der Waals surface area contributed by atoms with Gasteiger partial charge in [-0.15, -0.1) is 0 Å². The molecule has 0 amide bonds. The van der Waals surface area contributed by atoms with Crippen LogP contribution in [0.25, 0.3) is 0 Å². The monoisotopic (exact) mass is 245 g/mol. The fourth-order valence-electron chi connectivity index (χ4n) is 1.74. The Morgan fingerprint density at radius 3 is 2.31 bits per heavy atom. The summed E-state index contributed by atoms with van der Waals surface area (Å²) in [7, 11) is 2.90. The molecular weight excluding hydrogens is 233 g/mol. The molecule has 1 aliphatic rings. The van der Waals surface area contributed by atoms with Crippen LogP contribution < -0.4 is 15.2 Å². The van der Waals surface area contributed by atoms with Crippen molar-refractivity contribution in [3.8, 4) is 11.5 Å². The van der Waals surface area contributed by atoms with Gasteiger partial charge in [-0.2, -0.15) is 0 Å². The molecule has 0 aromatic heterocycles. The maximum atomic E-state index is 14.1. The van der Waals surface area contributed by atoms with Crippen LogP contribution in [0.5, 0.6) is 11.5 Å². The van der Waals surface area contributed by atoms with E-state index in [4.69, 9.17) is 26.8 Å². The van der Waals surface area contributed by atoms with E-state index < -0.39 is 11.4 Å². The fraction of sp³-hybridized carbons (Fsp3) is 0.455. The van der Waals surface area contributed by atoms with Gasteiger partial charge < -0.3 is 15.2 Å². The van der Waals surface area contributed by atoms with Crippen LogP contribution in [0.3, 0.4) is 0 Å². The smallest absolute Gasteiger partial charge is 0.154 e. The third kappa shape index (κ3) is 1.62. The van der Waals surface area contributed by atoms with Crippen molar-refractivity contribution < 1.29 is 13.9 Å². The number of rotatable bonds is 3. The van der Waals surface area contributed by atoms with E-state index in [1.54, 1.807) is 6.07 Å². The molecule has 0 spiro atoms. The highest BCUT2D eigenvalue weighted by Crippen LogP contribution is 2.50. The molecule has 0 heterocycles. The van der Waals surface area contributed by atoms with Crippen LogP contribution in [0.4, 0.5) is 4.39 Å². The Kier molecular flexibility index (Phi) is 2.72. The largest absolute Gasteiger partial charge is 0.496 e. The van der Waals surface area contributed by atoms with Crippen molar-refractivity contribution in [2.75, 3.05) is 14.2 Å². The predicted molar refractivity (Wildman–Crippen MR) is 59.6 cm³/mol. The van der Waals surface area contributed by atoms with Crippen LogP contribution in [-0.2, 0) is 5.54 Å². The van der Waals surface area contributed by atoms with Crippen LogP contribution in [0.15, 0.2) is 6.07 Å². The van der Waals surface area contributed by atoms with Gasteiger partial charge in [0.2, 0.25) is 0 Å². The zero-order valence-corrected chi connectivity index (χ0v) is 9.90. The van der Waals surface area contributed by atoms with Crippen LogP contribution >= 0.6 is 11.6 Å². The third-order valence-electron chi connectivity index (χ3n) is 2.86. The molecule has 16 heavy (non-hydrogen) atoms. The van der Waals surface area contributed by atoms with Gasteiger partial charge in [0.25, 0.3) is 0 Å². The Morgan fingerprint density at radius 2 is 1.88 bits per heavy atom. The van der Waals surface area contributed by atoms with E-state index in [0.29, 0.717) is 11.3 Å². The molecule has 0 saturated heterocycles. The van der Waals surface area contributed by atoms with Crippen LogP contribution in [0.1, 0.15) is 18.4 Å². The molecule has 2 N–H and O–H groups in total. The molecule has 1 aromatic carbocycles. The van der Waals surface area contributed by atoms with Crippen LogP contribution in [0, 0.1) is 5.82 Å². The minimum Gasteiger partial charge on any atom is -0.496 e. The molecular formula is C11H13ClFNO2. The molecule has 1 fully saturated rings. The first kappa shape index (κ1) is 11.5. The minimum absolute atomic E-state index is 0.0463. The zero-order chi connectivity index (χ0) is 11.9. The lowest BCUT2D eigenvalue weighted by atomic mass is 10.0. The lowest BCUT2D eigenvalue weighted by molar-refractivity contribution is 0.379. The molecule has 0 unspecified atom stereocenters. The van der Waals surface area contributed by atoms with E-state index in [1.165, 1.54) is 14.2 Å². The number of hydrogen-bond donors (Lipinski definition) is 1. The number of nitrogens with two attached hydrogens (primary N) is 1. The number of benzene rings is 1. The van der Waals surface area contributed by atoms with Crippen molar-refractivity contribution in [3.63, 3.8) is 0 Å². The van der Waals surface area contributed by atoms with E-state index in [2.05, 4.69) is 0 Å². The molecule has 1 aromatic rings. The predicted octanol–water partition coefficient (Wildman–Crippen LogP) is 2.44. The normalized spacial score (nSPS) is 17.1. The van der Waals surface area contributed by atoms with Crippen molar-refractivity contribution in [3.05, 3.63) is 22.5 Å². The molecule has 1 aliphatic carbocycles. The minimum atomic E-state index is -0.634. The van der Waals surface area contributed by atoms with Gasteiger partial charge in [-0.25, -0.2) is 4.39 Å². The van der Waals surface area contributed by atoms with Crippen LogP contribution in [-0.4, -0.2) is 14.2 Å². The molecule has 0 atom stereocenters. The SMILES string of the molecule is COc1cc(OC)c(C2(N)CC2)c(F)c1Cl. The summed E-state index contributed by atoms with van der Waals surface area (Å²) in [5.41, 5.74) is 5.70. The van der Waals surface area contributed by atoms with Gasteiger partial charge in [0.1, 0.15) is 16.5 Å². The van der Waals surface area contributed by atoms with Crippen molar-refractivity contribution in [1.29, 1.82) is 0 Å². The highest BCUT2D eigenvalue weighted by Gasteiger charge is 2.45. The molecule has 0 aliphatic heterocycles. The van der Waals surface area contributed by atoms with Gasteiger partial charge in [-0.3, -0.25) is 0 Å². The van der Waals surface area contributed by atoms with Crippen molar-refractivity contribution in [2.24, 2.45) is 5.73 Å². The van der Waals surface area contributed by atoms with Gasteiger partial charge in [-0.05, 0) is 12.8 Å². The summed E-state index contributed by atoms with van der Waals surface area (Å²) in [5.74, 6) is 0.0978. The second-order valence-electron chi connectivity index (χ2n) is 3.94. The van der Waals surface area contributed by atoms with Crippen molar-refractivity contribution in [2.45, 2.75) is 18.4 Å². The number of hydrogen-bond acceptors (Lipinski definition) is 3. The number of halogens is 2. The molecule has 5 heteroatoms. The number of methoxy groups -OCH3 is 2. The van der Waals surface area contributed by atoms with Crippen molar-refractivity contribution in [1.82, 2.24) is 0 Å². The Balaban J connectivity index is 2.63. The fourth-order valence-corrected chi connectivity index (χ4v) is 1.96. The van der Waals surface area contributed by atoms with Gasteiger partial charge in [0, 0.05) is 11.6 Å². The molecule has 0 radical (unpaired) electrons.